The highest BCUT2D eigenvalue weighted by molar-refractivity contribution is 6.55. The molecule has 0 fully saturated rings. The fourth-order valence-corrected chi connectivity index (χ4v) is 2.29. The number of anilines is 1. The van der Waals surface area contributed by atoms with Gasteiger partial charge in [-0.2, -0.15) is 0 Å². The number of hydrogen-bond donors (Lipinski definition) is 0. The molecular formula is C13H11ClFNO3. The molecule has 1 amide bonds. The summed E-state index contributed by atoms with van der Waals surface area (Å²) in [7, 11) is 0. The Bertz CT molecular complexity index is 585. The van der Waals surface area contributed by atoms with E-state index in [0.29, 0.717) is 6.42 Å². The van der Waals surface area contributed by atoms with Crippen LogP contribution in [0.4, 0.5) is 10.1 Å². The number of carbonyl (C=O) groups excluding carboxylic acids is 3. The number of ketones is 2. The van der Waals surface area contributed by atoms with Crippen LogP contribution < -0.4 is 4.90 Å². The van der Waals surface area contributed by atoms with Crippen LogP contribution in [0.1, 0.15) is 30.1 Å². The van der Waals surface area contributed by atoms with E-state index < -0.39 is 17.5 Å². The number of halogens is 2. The van der Waals surface area contributed by atoms with E-state index in [1.807, 2.05) is 0 Å². The van der Waals surface area contributed by atoms with Crippen molar-refractivity contribution in [2.75, 3.05) is 11.4 Å². The first-order valence-electron chi connectivity index (χ1n) is 5.77. The molecule has 0 spiro atoms. The minimum atomic E-state index is -0.803. The van der Waals surface area contributed by atoms with E-state index >= 15 is 0 Å². The molecule has 2 rings (SSSR count). The summed E-state index contributed by atoms with van der Waals surface area (Å²) in [6.07, 6.45) is 0.648. The Labute approximate surface area is 114 Å². The minimum Gasteiger partial charge on any atom is -0.302 e. The lowest BCUT2D eigenvalue weighted by Gasteiger charge is -2.16. The number of fused-ring (bicyclic) bond motifs is 1. The van der Waals surface area contributed by atoms with Gasteiger partial charge in [-0.25, -0.2) is 4.39 Å². The second-order valence-electron chi connectivity index (χ2n) is 4.34. The summed E-state index contributed by atoms with van der Waals surface area (Å²) in [6, 6.07) is 2.37. The first-order chi connectivity index (χ1) is 8.93. The molecule has 0 aliphatic carbocycles. The molecule has 1 heterocycles. The summed E-state index contributed by atoms with van der Waals surface area (Å²) < 4.78 is 13.8. The third-order valence-corrected chi connectivity index (χ3v) is 3.24. The van der Waals surface area contributed by atoms with Crippen molar-refractivity contribution in [3.63, 3.8) is 0 Å². The summed E-state index contributed by atoms with van der Waals surface area (Å²) in [5.74, 6) is -2.29. The molecule has 1 aromatic rings. The molecule has 1 aliphatic rings. The van der Waals surface area contributed by atoms with Crippen LogP contribution >= 0.6 is 11.6 Å². The molecule has 1 aromatic carbocycles. The highest BCUT2D eigenvalue weighted by Crippen LogP contribution is 2.36. The summed E-state index contributed by atoms with van der Waals surface area (Å²) in [5, 5.41) is 0.0591. The number of rotatable bonds is 4. The lowest BCUT2D eigenvalue weighted by atomic mass is 10.1. The van der Waals surface area contributed by atoms with Gasteiger partial charge in [0.15, 0.2) is 0 Å². The predicted molar refractivity (Wildman–Crippen MR) is 68.0 cm³/mol. The maximum Gasteiger partial charge on any atom is 0.299 e. The van der Waals surface area contributed by atoms with E-state index in [-0.39, 0.29) is 35.0 Å². The summed E-state index contributed by atoms with van der Waals surface area (Å²) in [4.78, 5) is 35.5. The first kappa shape index (κ1) is 13.7. The second kappa shape index (κ2) is 5.09. The van der Waals surface area contributed by atoms with E-state index in [2.05, 4.69) is 0 Å². The van der Waals surface area contributed by atoms with Gasteiger partial charge in [-0.3, -0.25) is 9.59 Å². The zero-order valence-corrected chi connectivity index (χ0v) is 11.0. The molecule has 0 bridgehead atoms. The van der Waals surface area contributed by atoms with Gasteiger partial charge in [0, 0.05) is 13.0 Å². The van der Waals surface area contributed by atoms with Crippen molar-refractivity contribution in [1.29, 1.82) is 0 Å². The van der Waals surface area contributed by atoms with Gasteiger partial charge in [0.25, 0.3) is 11.7 Å². The molecule has 0 aromatic heterocycles. The van der Waals surface area contributed by atoms with Crippen LogP contribution in [0.15, 0.2) is 12.1 Å². The Balaban J connectivity index is 2.33. The Morgan fingerprint density at radius 3 is 2.68 bits per heavy atom. The molecule has 0 unspecified atom stereocenters. The zero-order valence-electron chi connectivity index (χ0n) is 10.2. The van der Waals surface area contributed by atoms with Crippen molar-refractivity contribution in [3.8, 4) is 0 Å². The Morgan fingerprint density at radius 1 is 1.37 bits per heavy atom. The third kappa shape index (κ3) is 2.38. The smallest absolute Gasteiger partial charge is 0.299 e. The van der Waals surface area contributed by atoms with Crippen molar-refractivity contribution < 1.29 is 18.8 Å². The van der Waals surface area contributed by atoms with Crippen LogP contribution in [0.25, 0.3) is 0 Å². The summed E-state index contributed by atoms with van der Waals surface area (Å²) in [6.45, 7) is 1.55. The van der Waals surface area contributed by atoms with Crippen LogP contribution in [0.2, 0.25) is 5.02 Å². The summed E-state index contributed by atoms with van der Waals surface area (Å²) in [5.41, 5.74) is -0.166. The highest BCUT2D eigenvalue weighted by atomic mass is 35.5. The van der Waals surface area contributed by atoms with Crippen LogP contribution in [0.3, 0.4) is 0 Å². The molecule has 100 valence electrons. The lowest BCUT2D eigenvalue weighted by molar-refractivity contribution is -0.117. The van der Waals surface area contributed by atoms with Gasteiger partial charge in [0.2, 0.25) is 0 Å². The molecule has 1 aliphatic heterocycles. The molecule has 0 saturated carbocycles. The molecule has 0 N–H and O–H groups in total. The number of Topliss-reactive ketones (excluding diaryl/α,β-unsaturated/α-hetero) is 2. The van der Waals surface area contributed by atoms with E-state index in [9.17, 15) is 18.8 Å². The fourth-order valence-electron chi connectivity index (χ4n) is 2.05. The maximum atomic E-state index is 13.8. The van der Waals surface area contributed by atoms with Crippen LogP contribution in [-0.2, 0) is 9.59 Å². The van der Waals surface area contributed by atoms with Crippen LogP contribution in [0.5, 0.6) is 0 Å². The van der Waals surface area contributed by atoms with Crippen molar-refractivity contribution in [1.82, 2.24) is 0 Å². The van der Waals surface area contributed by atoms with Gasteiger partial charge in [0.1, 0.15) is 11.6 Å². The number of nitrogens with zero attached hydrogens (tertiary/aromatic N) is 1. The van der Waals surface area contributed by atoms with Gasteiger partial charge >= 0.3 is 0 Å². The number of amides is 1. The van der Waals surface area contributed by atoms with Gasteiger partial charge < -0.3 is 9.69 Å². The largest absolute Gasteiger partial charge is 0.302 e. The van der Waals surface area contributed by atoms with E-state index in [0.717, 1.165) is 11.0 Å². The standard InChI is InChI=1S/C13H11ClFNO3/c1-7(17)3-2-6-16-11-9(15)5-4-8(14)10(11)12(18)13(16)19/h4-5H,2-3,6H2,1H3. The number of hydrogen-bond acceptors (Lipinski definition) is 3. The Morgan fingerprint density at radius 2 is 2.05 bits per heavy atom. The van der Waals surface area contributed by atoms with E-state index in [1.54, 1.807) is 0 Å². The number of benzene rings is 1. The molecular weight excluding hydrogens is 273 g/mol. The number of carbonyl (C=O) groups is 3. The topological polar surface area (TPSA) is 54.5 Å². The highest BCUT2D eigenvalue weighted by Gasteiger charge is 2.39. The van der Waals surface area contributed by atoms with Gasteiger partial charge in [-0.15, -0.1) is 0 Å². The van der Waals surface area contributed by atoms with E-state index in [4.69, 9.17) is 11.6 Å². The Kier molecular flexibility index (Phi) is 3.66. The zero-order chi connectivity index (χ0) is 14.2. The molecule has 4 nitrogen and oxygen atoms in total. The SMILES string of the molecule is CC(=O)CCCN1C(=O)C(=O)c2c(Cl)ccc(F)c21. The Hall–Kier alpha value is -1.75. The minimum absolute atomic E-state index is 0.0234. The fraction of sp³-hybridized carbons (Fsp3) is 0.308. The molecule has 0 atom stereocenters. The second-order valence-corrected chi connectivity index (χ2v) is 4.75. The van der Waals surface area contributed by atoms with Crippen molar-refractivity contribution in [2.45, 2.75) is 19.8 Å². The average molecular weight is 284 g/mol. The van der Waals surface area contributed by atoms with Crippen molar-refractivity contribution in [3.05, 3.63) is 28.5 Å². The predicted octanol–water partition coefficient (Wildman–Crippen LogP) is 2.38. The van der Waals surface area contributed by atoms with E-state index in [1.165, 1.54) is 13.0 Å². The van der Waals surface area contributed by atoms with Crippen molar-refractivity contribution in [2.24, 2.45) is 0 Å². The van der Waals surface area contributed by atoms with Crippen LogP contribution in [-0.4, -0.2) is 24.0 Å². The molecule has 6 heteroatoms. The van der Waals surface area contributed by atoms with Crippen molar-refractivity contribution >= 4 is 34.8 Å². The third-order valence-electron chi connectivity index (χ3n) is 2.92. The van der Waals surface area contributed by atoms with Gasteiger partial charge in [-0.1, -0.05) is 11.6 Å². The monoisotopic (exact) mass is 283 g/mol. The lowest BCUT2D eigenvalue weighted by Crippen LogP contribution is -2.31. The quantitative estimate of drug-likeness (QED) is 0.797. The molecule has 19 heavy (non-hydrogen) atoms. The normalized spacial score (nSPS) is 13.9. The molecule has 0 radical (unpaired) electrons. The average Bonchev–Trinajstić information content (AvgIpc) is 2.59. The van der Waals surface area contributed by atoms with Gasteiger partial charge in [0.05, 0.1) is 16.3 Å². The summed E-state index contributed by atoms with van der Waals surface area (Å²) >= 11 is 5.83. The molecule has 0 saturated heterocycles. The first-order valence-corrected chi connectivity index (χ1v) is 6.15. The van der Waals surface area contributed by atoms with Gasteiger partial charge in [-0.05, 0) is 25.5 Å². The van der Waals surface area contributed by atoms with Crippen LogP contribution in [0, 0.1) is 5.82 Å². The maximum absolute atomic E-state index is 13.8.